The smallest absolute Gasteiger partial charge is 0.268 e. The van der Waals surface area contributed by atoms with Crippen LogP contribution < -0.4 is 9.30 Å². The molecule has 5 nitrogen and oxygen atoms in total. The monoisotopic (exact) mass is 1200 g/mol. The molecular weight excluding hydrogens is 1100 g/mol. The molecule has 0 radical (unpaired) electrons. The first-order valence-electron chi connectivity index (χ1n) is 43.2. The molecule has 3 heterocycles. The van der Waals surface area contributed by atoms with Crippen molar-refractivity contribution in [2.75, 3.05) is 0 Å². The number of imidazole rings is 1. The summed E-state index contributed by atoms with van der Waals surface area (Å²) in [6.07, 6.45) is -18.7. The van der Waals surface area contributed by atoms with E-state index in [0.717, 1.165) is 26.4 Å². The fourth-order valence-corrected chi connectivity index (χ4v) is 9.31. The van der Waals surface area contributed by atoms with Crippen LogP contribution in [-0.4, -0.2) is 14.1 Å². The third kappa shape index (κ3) is 8.59. The van der Waals surface area contributed by atoms with Crippen molar-refractivity contribution in [3.63, 3.8) is 0 Å². The number of para-hydroxylation sites is 4. The molecule has 10 aromatic rings. The zero-order valence-corrected chi connectivity index (χ0v) is 42.5. The van der Waals surface area contributed by atoms with Crippen molar-refractivity contribution in [1.82, 2.24) is 14.1 Å². The van der Waals surface area contributed by atoms with Gasteiger partial charge < -0.3 is 13.9 Å². The maximum absolute atomic E-state index is 10.5. The Morgan fingerprint density at radius 3 is 2.05 bits per heavy atom. The summed E-state index contributed by atoms with van der Waals surface area (Å²) in [4.78, 5) is 4.73. The molecule has 1 atom stereocenters. The van der Waals surface area contributed by atoms with E-state index >= 15 is 0 Å². The van der Waals surface area contributed by atoms with Crippen LogP contribution in [0, 0.1) is 18.5 Å². The number of fused-ring (bicyclic) bond motifs is 6. The summed E-state index contributed by atoms with van der Waals surface area (Å²) in [6.45, 7) is -25.8. The quantitative estimate of drug-likeness (QED) is 0.112. The number of hydrogen-bond acceptors (Lipinski definition) is 2. The zero-order valence-electron chi connectivity index (χ0n) is 80.3. The standard InChI is InChI=1S/C69H68N4O.Pt/c1-12-69(11)37-36-68(9,10)58-40-46(28-32-56(58)69)52-23-18-22-51(45-27-31-55-57(39-45)67(7,8)35-34-66(55,5)6)64(52)72-44-71(60-25-15-16-26-61(60)72)48-19-17-20-49(42-48)74-50-29-30-54-53-21-13-14-24-59(53)73(62(54)43-50)63-41-47(33-38-70-63)65(2,3)4;/h13-33,38-41H,12,34-37H2,1-11H3;/q-2;/i5D3,6D3,7D3,8D3,9D3,10D3,11D3,12D2,18D,22D,23D,27D,28D,31D,32D,34D2,35D2,36D2,37D2,39D,40D;. The predicted octanol–water partition coefficient (Wildman–Crippen LogP) is 17.3. The van der Waals surface area contributed by atoms with E-state index in [-0.39, 0.29) is 54.7 Å². The summed E-state index contributed by atoms with van der Waals surface area (Å²) in [6, 6.07) is 14.5. The Morgan fingerprint density at radius 2 is 1.35 bits per heavy atom. The molecule has 1 unspecified atom stereocenters. The van der Waals surface area contributed by atoms with Gasteiger partial charge in [0.25, 0.3) is 6.33 Å². The molecule has 0 saturated carbocycles. The van der Waals surface area contributed by atoms with Gasteiger partial charge in [-0.1, -0.05) is 178 Å². The minimum Gasteiger partial charge on any atom is -0.510 e. The number of benzene rings is 7. The van der Waals surface area contributed by atoms with E-state index in [0.29, 0.717) is 22.8 Å². The summed E-state index contributed by atoms with van der Waals surface area (Å²) in [5.74, 6) is 0.526. The van der Waals surface area contributed by atoms with E-state index in [4.69, 9.17) is 38.5 Å². The van der Waals surface area contributed by atoms with Gasteiger partial charge in [-0.3, -0.25) is 4.57 Å². The number of nitrogens with zero attached hydrogens (tertiary/aromatic N) is 4. The first kappa shape index (κ1) is 22.2. The van der Waals surface area contributed by atoms with Crippen molar-refractivity contribution in [1.29, 1.82) is 0 Å². The summed E-state index contributed by atoms with van der Waals surface area (Å²) >= 11 is 0. The molecule has 7 aromatic carbocycles. The molecule has 0 amide bonds. The second-order valence-electron chi connectivity index (χ2n) is 19.1. The fraction of sp³-hybridized carbons (Fsp3) is 0.304. The first-order chi connectivity index (χ1) is 51.6. The first-order valence-corrected chi connectivity index (χ1v) is 23.2. The summed E-state index contributed by atoms with van der Waals surface area (Å²) in [5.41, 5.74) is -33.0. The Labute approximate surface area is 515 Å². The van der Waals surface area contributed by atoms with Gasteiger partial charge in [0.2, 0.25) is 0 Å². The van der Waals surface area contributed by atoms with Crippen LogP contribution >= 0.6 is 0 Å². The van der Waals surface area contributed by atoms with Gasteiger partial charge in [0, 0.05) is 86.8 Å². The summed E-state index contributed by atoms with van der Waals surface area (Å²) in [5, 5.41) is 1.55. The molecular formula is C69H68N4OPt-2. The molecule has 2 aliphatic rings. The van der Waals surface area contributed by atoms with Crippen molar-refractivity contribution in [3.05, 3.63) is 198 Å². The van der Waals surface area contributed by atoms with Crippen LogP contribution in [0.5, 0.6) is 11.5 Å². The maximum Gasteiger partial charge on any atom is 0.268 e. The average Bonchev–Trinajstić information content (AvgIpc) is 0.742. The normalized spacial score (nSPS) is 29.5. The topological polar surface area (TPSA) is 35.9 Å². The van der Waals surface area contributed by atoms with Gasteiger partial charge in [-0.2, -0.15) is 18.2 Å². The number of hydrogen-bond donors (Lipinski definition) is 0. The van der Waals surface area contributed by atoms with E-state index in [2.05, 4.69) is 18.5 Å². The Kier molecular flexibility index (Phi) is 5.43. The largest absolute Gasteiger partial charge is 0.510 e. The van der Waals surface area contributed by atoms with Crippen molar-refractivity contribution in [3.8, 4) is 50.9 Å². The van der Waals surface area contributed by atoms with E-state index in [9.17, 15) is 26.0 Å². The van der Waals surface area contributed by atoms with Crippen LogP contribution in [0.15, 0.2) is 152 Å². The molecule has 2 aliphatic carbocycles. The van der Waals surface area contributed by atoms with Gasteiger partial charge >= 0.3 is 0 Å². The van der Waals surface area contributed by atoms with Crippen LogP contribution in [0.4, 0.5) is 0 Å². The third-order valence-corrected chi connectivity index (χ3v) is 13.1. The molecule has 3 aromatic heterocycles. The number of rotatable bonds is 8. The molecule has 0 aliphatic heterocycles. The van der Waals surface area contributed by atoms with Crippen LogP contribution in [0.3, 0.4) is 0 Å². The number of pyridine rings is 1. The van der Waals surface area contributed by atoms with Crippen LogP contribution in [0.2, 0.25) is 0 Å². The van der Waals surface area contributed by atoms with Crippen molar-refractivity contribution in [2.45, 2.75) is 135 Å². The van der Waals surface area contributed by atoms with E-state index < -0.39 is 206 Å². The molecule has 0 saturated heterocycles. The van der Waals surface area contributed by atoms with Crippen LogP contribution in [-0.2, 0) is 48.1 Å². The van der Waals surface area contributed by atoms with Crippen molar-refractivity contribution in [2.24, 2.45) is 0 Å². The molecule has 0 fully saturated rings. The van der Waals surface area contributed by atoms with E-state index in [1.54, 1.807) is 18.3 Å². The SMILES string of the molecule is [2H]c1c([2H])c(-c2c([2H])c([2H])c3c(c2[2H])C(C([2H])([2H])[2H])(C([2H])([2H])[2H])C([2H])([2H])C([2H])([2H])C3(C([2H])([2H])[2H])C([2H])([2H])[2H])c(-[n+]2[c-]n(-c3[c-]c(Oc4[c-]c5c(cc4)c4ccccc4n5-c4cc(C(C)(C)C)ccn4)ccc3)c3ccccc32)c(-c2c([2H])c([2H])c3c(c2[2H])C(C([2H])([2H])[2H])(C([2H])([2H])[2H])C([2H])([2H])C([2H])([2H])C3(C([2H])([2H])[2H])C([2H])([2H])C)c1[2H].[Pt]. The Hall–Kier alpha value is -6.55. The maximum atomic E-state index is 10.5. The number of aromatic nitrogens is 4. The third-order valence-electron chi connectivity index (χ3n) is 13.1. The second kappa shape index (κ2) is 18.3. The van der Waals surface area contributed by atoms with Crippen molar-refractivity contribution >= 4 is 32.8 Å². The van der Waals surface area contributed by atoms with Gasteiger partial charge in [-0.05, 0) is 138 Å². The van der Waals surface area contributed by atoms with Crippen molar-refractivity contribution < 1.29 is 85.2 Å². The molecule has 0 N–H and O–H groups in total. The molecule has 0 bridgehead atoms. The van der Waals surface area contributed by atoms with Crippen LogP contribution in [0.25, 0.3) is 72.3 Å². The van der Waals surface area contributed by atoms with Gasteiger partial charge in [0.15, 0.2) is 0 Å². The molecule has 0 spiro atoms. The Morgan fingerprint density at radius 1 is 0.693 bits per heavy atom. The minimum absolute atomic E-state index is 0. The summed E-state index contributed by atoms with van der Waals surface area (Å²) in [7, 11) is 0. The molecule has 6 heteroatoms. The predicted molar refractivity (Wildman–Crippen MR) is 305 cm³/mol. The molecule has 382 valence electrons. The average molecular weight is 1200 g/mol. The zero-order chi connectivity index (χ0) is 85.8. The molecule has 75 heavy (non-hydrogen) atoms. The Balaban J connectivity index is 0.0000130. The Bertz CT molecular complexity index is 5430. The minimum atomic E-state index is -4.96. The van der Waals surface area contributed by atoms with Gasteiger partial charge in [0.1, 0.15) is 5.82 Å². The number of ether oxygens (including phenoxy) is 1. The van der Waals surface area contributed by atoms with Gasteiger partial charge in [-0.25, -0.2) is 4.98 Å². The fourth-order valence-electron chi connectivity index (χ4n) is 9.31. The van der Waals surface area contributed by atoms with E-state index in [1.807, 2.05) is 61.7 Å². The van der Waals surface area contributed by atoms with Gasteiger partial charge in [0.05, 0.1) is 29.1 Å². The molecule has 12 rings (SSSR count). The second-order valence-corrected chi connectivity index (χ2v) is 19.1. The van der Waals surface area contributed by atoms with Crippen LogP contribution in [0.1, 0.15) is 190 Å². The van der Waals surface area contributed by atoms with E-state index in [1.165, 1.54) is 42.5 Å². The summed E-state index contributed by atoms with van der Waals surface area (Å²) < 4.78 is 386. The van der Waals surface area contributed by atoms with Gasteiger partial charge in [-0.15, -0.1) is 29.7 Å².